The zero-order valence-corrected chi connectivity index (χ0v) is 13.9. The Bertz CT molecular complexity index is 931. The fraction of sp³-hybridized carbons (Fsp3) is 0.111. The summed E-state index contributed by atoms with van der Waals surface area (Å²) >= 11 is 1.27. The number of thiophene rings is 1. The van der Waals surface area contributed by atoms with Gasteiger partial charge in [0.05, 0.1) is 0 Å². The van der Waals surface area contributed by atoms with Gasteiger partial charge < -0.3 is 10.1 Å². The van der Waals surface area contributed by atoms with Crippen LogP contribution in [0.1, 0.15) is 22.2 Å². The Kier molecular flexibility index (Phi) is 4.31. The van der Waals surface area contributed by atoms with E-state index < -0.39 is 5.97 Å². The quantitative estimate of drug-likeness (QED) is 0.562. The average Bonchev–Trinajstić information content (AvgIpc) is 2.86. The van der Waals surface area contributed by atoms with E-state index in [9.17, 15) is 14.0 Å². The third kappa shape index (κ3) is 3.28. The molecule has 1 amide bonds. The van der Waals surface area contributed by atoms with Crippen molar-refractivity contribution in [3.05, 3.63) is 58.7 Å². The van der Waals surface area contributed by atoms with Crippen LogP contribution >= 0.6 is 11.3 Å². The van der Waals surface area contributed by atoms with Crippen LogP contribution in [0.2, 0.25) is 0 Å². The standard InChI is InChI=1S/C18H14FNO3S/c1-10-15-9-12(19)3-8-16(15)24-17(10)18(22)23-14-6-4-13(5-7-14)20-11(2)21/h3-9H,1-2H3,(H,20,21). The molecule has 0 aliphatic carbocycles. The zero-order valence-electron chi connectivity index (χ0n) is 13.1. The van der Waals surface area contributed by atoms with Crippen LogP contribution in [0, 0.1) is 12.7 Å². The molecule has 2 aromatic carbocycles. The maximum atomic E-state index is 13.4. The zero-order chi connectivity index (χ0) is 17.3. The van der Waals surface area contributed by atoms with Crippen LogP contribution in [0.3, 0.4) is 0 Å². The minimum absolute atomic E-state index is 0.173. The average molecular weight is 343 g/mol. The Morgan fingerprint density at radius 2 is 1.83 bits per heavy atom. The van der Waals surface area contributed by atoms with Crippen molar-refractivity contribution < 1.29 is 18.7 Å². The number of ether oxygens (including phenoxy) is 1. The number of rotatable bonds is 3. The van der Waals surface area contributed by atoms with E-state index in [1.54, 1.807) is 37.3 Å². The molecule has 0 atom stereocenters. The molecular formula is C18H14FNO3S. The molecule has 3 aromatic rings. The smallest absolute Gasteiger partial charge is 0.354 e. The molecule has 1 N–H and O–H groups in total. The highest BCUT2D eigenvalue weighted by atomic mass is 32.1. The molecule has 1 aromatic heterocycles. The second-order valence-electron chi connectivity index (χ2n) is 5.29. The highest BCUT2D eigenvalue weighted by Crippen LogP contribution is 2.32. The lowest BCUT2D eigenvalue weighted by molar-refractivity contribution is -0.114. The van der Waals surface area contributed by atoms with Gasteiger partial charge in [-0.05, 0) is 60.3 Å². The van der Waals surface area contributed by atoms with Gasteiger partial charge in [0.15, 0.2) is 0 Å². The lowest BCUT2D eigenvalue weighted by Gasteiger charge is -2.05. The Morgan fingerprint density at radius 3 is 2.50 bits per heavy atom. The minimum atomic E-state index is -0.485. The molecule has 0 bridgehead atoms. The number of nitrogens with one attached hydrogen (secondary N) is 1. The van der Waals surface area contributed by atoms with Gasteiger partial charge in [-0.15, -0.1) is 11.3 Å². The van der Waals surface area contributed by atoms with E-state index in [1.807, 2.05) is 0 Å². The molecule has 0 spiro atoms. The number of esters is 1. The third-order valence-electron chi connectivity index (χ3n) is 3.47. The molecule has 0 fully saturated rings. The Labute approximate surface area is 141 Å². The Balaban J connectivity index is 1.82. The molecule has 1 heterocycles. The fourth-order valence-corrected chi connectivity index (χ4v) is 3.42. The number of benzene rings is 2. The number of carbonyl (C=O) groups excluding carboxylic acids is 2. The van der Waals surface area contributed by atoms with Crippen LogP contribution in [-0.4, -0.2) is 11.9 Å². The van der Waals surface area contributed by atoms with Crippen molar-refractivity contribution in [2.24, 2.45) is 0 Å². The van der Waals surface area contributed by atoms with E-state index in [0.29, 0.717) is 27.3 Å². The summed E-state index contributed by atoms with van der Waals surface area (Å²) in [7, 11) is 0. The summed E-state index contributed by atoms with van der Waals surface area (Å²) in [4.78, 5) is 23.8. The summed E-state index contributed by atoms with van der Waals surface area (Å²) in [5.41, 5.74) is 1.32. The van der Waals surface area contributed by atoms with Crippen molar-refractivity contribution in [1.82, 2.24) is 0 Å². The van der Waals surface area contributed by atoms with E-state index >= 15 is 0 Å². The summed E-state index contributed by atoms with van der Waals surface area (Å²) in [5, 5.41) is 3.35. The van der Waals surface area contributed by atoms with Gasteiger partial charge in [0.1, 0.15) is 16.4 Å². The Hall–Kier alpha value is -2.73. The van der Waals surface area contributed by atoms with Crippen LogP contribution in [-0.2, 0) is 4.79 Å². The first-order chi connectivity index (χ1) is 11.4. The maximum absolute atomic E-state index is 13.4. The monoisotopic (exact) mass is 343 g/mol. The SMILES string of the molecule is CC(=O)Nc1ccc(OC(=O)c2sc3ccc(F)cc3c2C)cc1. The number of anilines is 1. The van der Waals surface area contributed by atoms with Crippen molar-refractivity contribution in [2.45, 2.75) is 13.8 Å². The van der Waals surface area contributed by atoms with Crippen LogP contribution < -0.4 is 10.1 Å². The second kappa shape index (κ2) is 6.41. The molecular weight excluding hydrogens is 329 g/mol. The normalized spacial score (nSPS) is 10.6. The molecule has 0 saturated heterocycles. The van der Waals surface area contributed by atoms with Gasteiger partial charge in [-0.2, -0.15) is 0 Å². The second-order valence-corrected chi connectivity index (χ2v) is 6.34. The van der Waals surface area contributed by atoms with Gasteiger partial charge in [-0.3, -0.25) is 4.79 Å². The molecule has 6 heteroatoms. The first-order valence-corrected chi connectivity index (χ1v) is 8.04. The van der Waals surface area contributed by atoms with Crippen molar-refractivity contribution in [1.29, 1.82) is 0 Å². The molecule has 4 nitrogen and oxygen atoms in total. The van der Waals surface area contributed by atoms with Gasteiger partial charge >= 0.3 is 5.97 Å². The van der Waals surface area contributed by atoms with Crippen molar-refractivity contribution in [3.63, 3.8) is 0 Å². The van der Waals surface area contributed by atoms with Crippen molar-refractivity contribution in [3.8, 4) is 5.75 Å². The van der Waals surface area contributed by atoms with E-state index in [0.717, 1.165) is 4.70 Å². The Morgan fingerprint density at radius 1 is 1.12 bits per heavy atom. The molecule has 24 heavy (non-hydrogen) atoms. The predicted molar refractivity (Wildman–Crippen MR) is 92.2 cm³/mol. The molecule has 0 radical (unpaired) electrons. The number of amides is 1. The molecule has 122 valence electrons. The number of halogens is 1. The van der Waals surface area contributed by atoms with Crippen LogP contribution in [0.25, 0.3) is 10.1 Å². The van der Waals surface area contributed by atoms with Gasteiger partial charge in [0, 0.05) is 17.3 Å². The molecule has 3 rings (SSSR count). The molecule has 0 unspecified atom stereocenters. The van der Waals surface area contributed by atoms with E-state index in [-0.39, 0.29) is 11.7 Å². The van der Waals surface area contributed by atoms with Gasteiger partial charge in [0.2, 0.25) is 5.91 Å². The summed E-state index contributed by atoms with van der Waals surface area (Å²) < 4.78 is 19.6. The summed E-state index contributed by atoms with van der Waals surface area (Å²) in [5.74, 6) is -0.622. The molecule has 0 saturated carbocycles. The predicted octanol–water partition coefficient (Wildman–Crippen LogP) is 4.53. The highest BCUT2D eigenvalue weighted by Gasteiger charge is 2.18. The van der Waals surface area contributed by atoms with Crippen LogP contribution in [0.4, 0.5) is 10.1 Å². The number of hydrogen-bond acceptors (Lipinski definition) is 4. The first-order valence-electron chi connectivity index (χ1n) is 7.22. The largest absolute Gasteiger partial charge is 0.422 e. The van der Waals surface area contributed by atoms with Crippen molar-refractivity contribution >= 4 is 39.0 Å². The van der Waals surface area contributed by atoms with E-state index in [4.69, 9.17) is 4.74 Å². The van der Waals surface area contributed by atoms with Gasteiger partial charge in [-0.25, -0.2) is 9.18 Å². The lowest BCUT2D eigenvalue weighted by Crippen LogP contribution is -2.08. The van der Waals surface area contributed by atoms with E-state index in [1.165, 1.54) is 30.4 Å². The highest BCUT2D eigenvalue weighted by molar-refractivity contribution is 7.21. The molecule has 0 aliphatic heterocycles. The fourth-order valence-electron chi connectivity index (χ4n) is 2.35. The van der Waals surface area contributed by atoms with E-state index in [2.05, 4.69) is 5.32 Å². The number of carbonyl (C=O) groups is 2. The maximum Gasteiger partial charge on any atom is 0.354 e. The minimum Gasteiger partial charge on any atom is -0.422 e. The number of hydrogen-bond donors (Lipinski definition) is 1. The molecule has 0 aliphatic rings. The lowest BCUT2D eigenvalue weighted by atomic mass is 10.1. The number of fused-ring (bicyclic) bond motifs is 1. The van der Waals surface area contributed by atoms with Crippen LogP contribution in [0.5, 0.6) is 5.75 Å². The van der Waals surface area contributed by atoms with Crippen molar-refractivity contribution in [2.75, 3.05) is 5.32 Å². The van der Waals surface area contributed by atoms with Crippen LogP contribution in [0.15, 0.2) is 42.5 Å². The van der Waals surface area contributed by atoms with Gasteiger partial charge in [-0.1, -0.05) is 0 Å². The topological polar surface area (TPSA) is 55.4 Å². The first kappa shape index (κ1) is 16.1. The summed E-state index contributed by atoms with van der Waals surface area (Å²) in [6, 6.07) is 10.9. The summed E-state index contributed by atoms with van der Waals surface area (Å²) in [6.45, 7) is 3.19. The van der Waals surface area contributed by atoms with Gasteiger partial charge in [0.25, 0.3) is 0 Å². The summed E-state index contributed by atoms with van der Waals surface area (Å²) in [6.07, 6.45) is 0. The third-order valence-corrected chi connectivity index (χ3v) is 4.72. The number of aryl methyl sites for hydroxylation is 1.